The van der Waals surface area contributed by atoms with Crippen LogP contribution in [0.2, 0.25) is 0 Å². The second-order valence-electron chi connectivity index (χ2n) is 9.26. The van der Waals surface area contributed by atoms with Gasteiger partial charge in [-0.15, -0.1) is 0 Å². The number of aliphatic hydroxyl groups excluding tert-OH is 3. The smallest absolute Gasteiger partial charge is 0.317 e. The number of methoxy groups -OCH3 is 2. The van der Waals surface area contributed by atoms with Gasteiger partial charge in [-0.25, -0.2) is 0 Å². The van der Waals surface area contributed by atoms with Crippen LogP contribution < -0.4 is 23.7 Å². The Labute approximate surface area is 222 Å². The van der Waals surface area contributed by atoms with Crippen LogP contribution in [0.1, 0.15) is 29.6 Å². The van der Waals surface area contributed by atoms with Crippen molar-refractivity contribution in [2.45, 2.75) is 49.1 Å². The third-order valence-electron chi connectivity index (χ3n) is 6.88. The fourth-order valence-electron chi connectivity index (χ4n) is 4.92. The number of hydrogen-bond donors (Lipinski definition) is 4. The Hall–Kier alpha value is -3.78. The molecule has 0 saturated carbocycles. The minimum absolute atomic E-state index is 0.0798. The minimum atomic E-state index is -1.68. The summed E-state index contributed by atoms with van der Waals surface area (Å²) >= 11 is 0. The number of hydrogen-bond acceptors (Lipinski definition) is 12. The summed E-state index contributed by atoms with van der Waals surface area (Å²) in [4.78, 5) is 22.2. The van der Waals surface area contributed by atoms with Crippen LogP contribution in [-0.2, 0) is 19.1 Å². The van der Waals surface area contributed by atoms with E-state index in [9.17, 15) is 24.9 Å². The van der Waals surface area contributed by atoms with Gasteiger partial charge in [-0.1, -0.05) is 6.07 Å². The van der Waals surface area contributed by atoms with Crippen molar-refractivity contribution >= 4 is 11.9 Å². The average Bonchev–Trinajstić information content (AvgIpc) is 3.30. The molecule has 13 nitrogen and oxygen atoms in total. The highest BCUT2D eigenvalue weighted by atomic mass is 16.7. The maximum atomic E-state index is 11.6. The topological polar surface area (TPSA) is 180 Å². The third kappa shape index (κ3) is 5.01. The highest BCUT2D eigenvalue weighted by Crippen LogP contribution is 2.56. The molecule has 3 heterocycles. The van der Waals surface area contributed by atoms with E-state index in [4.69, 9.17) is 38.3 Å². The van der Waals surface area contributed by atoms with Crippen molar-refractivity contribution in [2.24, 2.45) is 0 Å². The summed E-state index contributed by atoms with van der Waals surface area (Å²) in [6, 6.07) is 8.69. The van der Waals surface area contributed by atoms with E-state index in [1.165, 1.54) is 0 Å². The highest BCUT2D eigenvalue weighted by Gasteiger charge is 2.46. The van der Waals surface area contributed by atoms with Crippen LogP contribution in [0, 0.1) is 0 Å². The number of benzene rings is 2. The Balaban J connectivity index is 1.30. The predicted octanol–water partition coefficient (Wildman–Crippen LogP) is 0.518. The van der Waals surface area contributed by atoms with Gasteiger partial charge in [0.25, 0.3) is 0 Å². The van der Waals surface area contributed by atoms with Gasteiger partial charge in [0.1, 0.15) is 55.0 Å². The average molecular weight is 548 g/mol. The van der Waals surface area contributed by atoms with E-state index in [-0.39, 0.29) is 17.8 Å². The zero-order valence-electron chi connectivity index (χ0n) is 21.0. The number of fused-ring (bicyclic) bond motifs is 5. The molecule has 7 atom stereocenters. The first-order chi connectivity index (χ1) is 18.7. The molecule has 4 N–H and O–H groups in total. The number of rotatable bonds is 8. The minimum Gasteiger partial charge on any atom is -0.493 e. The molecule has 2 aromatic carbocycles. The quantitative estimate of drug-likeness (QED) is 0.265. The van der Waals surface area contributed by atoms with E-state index in [0.717, 1.165) is 11.1 Å². The van der Waals surface area contributed by atoms with Crippen LogP contribution >= 0.6 is 0 Å². The number of ether oxygens (including phenoxy) is 7. The van der Waals surface area contributed by atoms with Crippen LogP contribution in [0.4, 0.5) is 0 Å². The normalized spacial score (nSPS) is 28.6. The number of carbonyl (C=O) groups is 2. The standard InChI is InChI=1S/C26H28O13/c1-33-15-6-5-12-14-9-35-16-7-11(3-4-13(16)23(14)39-24(12)25(15)34-2)37-26-22(32)21(31)20(30)17(38-26)10-36-19(29)8-18(27)28/h3-7,14,17,20-23,26,30-32H,8-10H2,1-2H3,(H,27,28). The summed E-state index contributed by atoms with van der Waals surface area (Å²) in [5, 5.41) is 39.6. The van der Waals surface area contributed by atoms with Crippen molar-refractivity contribution in [3.63, 3.8) is 0 Å². The highest BCUT2D eigenvalue weighted by molar-refractivity contribution is 5.90. The molecule has 0 radical (unpaired) electrons. The van der Waals surface area contributed by atoms with E-state index in [2.05, 4.69) is 0 Å². The Bertz CT molecular complexity index is 1250. The number of carbonyl (C=O) groups excluding carboxylic acids is 1. The van der Waals surface area contributed by atoms with E-state index in [1.807, 2.05) is 12.1 Å². The number of aliphatic carboxylic acids is 1. The van der Waals surface area contributed by atoms with Crippen LogP contribution in [0.25, 0.3) is 0 Å². The zero-order chi connectivity index (χ0) is 27.8. The summed E-state index contributed by atoms with van der Waals surface area (Å²) in [5.74, 6) is -0.156. The second-order valence-corrected chi connectivity index (χ2v) is 9.26. The number of carboxylic acid groups (broad SMARTS) is 1. The lowest BCUT2D eigenvalue weighted by molar-refractivity contribution is -0.278. The second kappa shape index (κ2) is 10.8. The van der Waals surface area contributed by atoms with Crippen molar-refractivity contribution in [2.75, 3.05) is 27.4 Å². The van der Waals surface area contributed by atoms with Gasteiger partial charge in [-0.2, -0.15) is 0 Å². The lowest BCUT2D eigenvalue weighted by Gasteiger charge is -2.40. The molecular formula is C26H28O13. The molecule has 3 aliphatic heterocycles. The molecule has 2 aromatic rings. The molecule has 7 unspecified atom stereocenters. The van der Waals surface area contributed by atoms with Crippen molar-refractivity contribution in [3.05, 3.63) is 41.5 Å². The molecule has 1 saturated heterocycles. The monoisotopic (exact) mass is 548 g/mol. The molecule has 0 bridgehead atoms. The predicted molar refractivity (Wildman–Crippen MR) is 128 cm³/mol. The van der Waals surface area contributed by atoms with Gasteiger partial charge in [-0.05, 0) is 18.2 Å². The summed E-state index contributed by atoms with van der Waals surface area (Å²) in [7, 11) is 3.09. The lowest BCUT2D eigenvalue weighted by atomic mass is 9.89. The summed E-state index contributed by atoms with van der Waals surface area (Å²) in [6.07, 6.45) is -8.88. The third-order valence-corrected chi connectivity index (χ3v) is 6.88. The fraction of sp³-hybridized carbons (Fsp3) is 0.462. The summed E-state index contributed by atoms with van der Waals surface area (Å²) < 4.78 is 39.3. The Kier molecular flexibility index (Phi) is 7.40. The van der Waals surface area contributed by atoms with Crippen molar-refractivity contribution in [3.8, 4) is 28.7 Å². The maximum absolute atomic E-state index is 11.6. The first-order valence-electron chi connectivity index (χ1n) is 12.1. The van der Waals surface area contributed by atoms with E-state index in [0.29, 0.717) is 29.6 Å². The Morgan fingerprint density at radius 1 is 1.00 bits per heavy atom. The molecular weight excluding hydrogens is 520 g/mol. The molecule has 210 valence electrons. The number of aliphatic hydroxyl groups is 3. The SMILES string of the molecule is COc1ccc2c(c1OC)OC1c3ccc(OC4OC(COC(=O)CC(=O)O)C(O)C(O)C4O)cc3OCC21. The Morgan fingerprint density at radius 3 is 2.49 bits per heavy atom. The van der Waals surface area contributed by atoms with E-state index >= 15 is 0 Å². The molecule has 13 heteroatoms. The van der Waals surface area contributed by atoms with Gasteiger partial charge in [0.2, 0.25) is 12.0 Å². The molecule has 0 amide bonds. The summed E-state index contributed by atoms with van der Waals surface area (Å²) in [5.41, 5.74) is 1.70. The van der Waals surface area contributed by atoms with E-state index < -0.39 is 55.7 Å². The van der Waals surface area contributed by atoms with Crippen molar-refractivity contribution in [1.29, 1.82) is 0 Å². The van der Waals surface area contributed by atoms with Gasteiger partial charge in [-0.3, -0.25) is 9.59 Å². The van der Waals surface area contributed by atoms with Crippen LogP contribution in [-0.4, -0.2) is 90.5 Å². The van der Waals surface area contributed by atoms with Gasteiger partial charge < -0.3 is 53.6 Å². The van der Waals surface area contributed by atoms with Crippen molar-refractivity contribution in [1.82, 2.24) is 0 Å². The molecule has 3 aliphatic rings. The summed E-state index contributed by atoms with van der Waals surface area (Å²) in [6.45, 7) is -0.236. The molecule has 0 aromatic heterocycles. The maximum Gasteiger partial charge on any atom is 0.317 e. The molecule has 5 rings (SSSR count). The first-order valence-corrected chi connectivity index (χ1v) is 12.1. The Morgan fingerprint density at radius 2 is 1.77 bits per heavy atom. The van der Waals surface area contributed by atoms with Gasteiger partial charge in [0.15, 0.2) is 11.5 Å². The molecule has 39 heavy (non-hydrogen) atoms. The van der Waals surface area contributed by atoms with Crippen LogP contribution in [0.5, 0.6) is 28.7 Å². The number of esters is 1. The molecule has 0 aliphatic carbocycles. The fourth-order valence-corrected chi connectivity index (χ4v) is 4.92. The van der Waals surface area contributed by atoms with Gasteiger partial charge in [0, 0.05) is 17.2 Å². The lowest BCUT2D eigenvalue weighted by Crippen LogP contribution is -2.60. The molecule has 0 spiro atoms. The van der Waals surface area contributed by atoms with Crippen LogP contribution in [0.3, 0.4) is 0 Å². The number of carboxylic acids is 1. The largest absolute Gasteiger partial charge is 0.493 e. The first kappa shape index (κ1) is 26.8. The van der Waals surface area contributed by atoms with Gasteiger partial charge in [0.05, 0.1) is 26.7 Å². The van der Waals surface area contributed by atoms with Crippen LogP contribution in [0.15, 0.2) is 30.3 Å². The molecule has 1 fully saturated rings. The zero-order valence-corrected chi connectivity index (χ0v) is 21.0. The van der Waals surface area contributed by atoms with Gasteiger partial charge >= 0.3 is 11.9 Å². The van der Waals surface area contributed by atoms with E-state index in [1.54, 1.807) is 32.4 Å². The van der Waals surface area contributed by atoms with Crippen molar-refractivity contribution < 1.29 is 63.2 Å².